The Balaban J connectivity index is 5.90. The van der Waals surface area contributed by atoms with Gasteiger partial charge in [0.25, 0.3) is 11.8 Å². The van der Waals surface area contributed by atoms with Gasteiger partial charge in [0.05, 0.1) is 12.2 Å². The molecule has 0 aromatic carbocycles. The highest BCUT2D eigenvalue weighted by Gasteiger charge is 2.60. The van der Waals surface area contributed by atoms with E-state index in [1.54, 1.807) is 132 Å². The van der Waals surface area contributed by atoms with Crippen molar-refractivity contribution in [3.05, 3.63) is 0 Å². The molecule has 0 bridgehead atoms. The molecule has 0 aliphatic rings. The van der Waals surface area contributed by atoms with E-state index in [0.29, 0.717) is 70.9 Å². The maximum Gasteiger partial charge on any atom is 0.413 e. The summed E-state index contributed by atoms with van der Waals surface area (Å²) in [6.07, 6.45) is 7.97. The molecule has 0 fully saturated rings. The van der Waals surface area contributed by atoms with Crippen LogP contribution in [0.3, 0.4) is 0 Å². The van der Waals surface area contributed by atoms with Crippen LogP contribution in [0.1, 0.15) is 384 Å². The van der Waals surface area contributed by atoms with Gasteiger partial charge in [0.15, 0.2) is 12.2 Å². The van der Waals surface area contributed by atoms with Crippen LogP contribution < -0.4 is 21.3 Å². The topological polar surface area (TPSA) is 476 Å². The average molecular weight is 1930 g/mol. The summed E-state index contributed by atoms with van der Waals surface area (Å²) in [5, 5.41) is 89.9. The number of unbranched alkanes of at least 4 members (excludes halogenated alkanes) is 24. The molecule has 11 atom stereocenters. The zero-order chi connectivity index (χ0) is 103. The Morgan fingerprint density at radius 3 is 1.02 bits per heavy atom. The Kier molecular flexibility index (Phi) is 62.0. The molecule has 36 nitrogen and oxygen atoms in total. The summed E-state index contributed by atoms with van der Waals surface area (Å²) >= 11 is 0. The van der Waals surface area contributed by atoms with Gasteiger partial charge in [-0.25, -0.2) is 28.8 Å². The highest BCUT2D eigenvalue weighted by atomic mass is 16.6. The molecule has 0 radical (unpaired) electrons. The number of carbonyl (C=O) groups is 11. The third kappa shape index (κ3) is 55.3. The van der Waals surface area contributed by atoms with E-state index in [1.807, 2.05) is 20.8 Å². The van der Waals surface area contributed by atoms with E-state index in [-0.39, 0.29) is 103 Å². The van der Waals surface area contributed by atoms with Gasteiger partial charge in [-0.15, -0.1) is 0 Å². The predicted octanol–water partition coefficient (Wildman–Crippen LogP) is 14.2. The maximum absolute atomic E-state index is 15.7. The van der Waals surface area contributed by atoms with Crippen molar-refractivity contribution in [3.63, 3.8) is 0 Å². The molecule has 0 rings (SSSR count). The molecule has 0 spiro atoms. The van der Waals surface area contributed by atoms with Crippen molar-refractivity contribution in [2.45, 2.75) is 478 Å². The van der Waals surface area contributed by atoms with Gasteiger partial charge in [-0.05, 0) is 196 Å². The normalized spacial score (nSPS) is 14.8. The minimum absolute atomic E-state index is 0.00167. The van der Waals surface area contributed by atoms with Gasteiger partial charge in [0, 0.05) is 111 Å². The summed E-state index contributed by atoms with van der Waals surface area (Å²) in [6, 6.07) is 0. The standard InChI is InChI=1S/C99H189N11O25/c1-26-29-68-110(92(129)135-98(21,22)23)99(105(25)88(125)131-94(9,10)11,109(66-28-3)91(128)134-97(18,19)20)74(71-107(89(126)132-95(12,13)14)67-55-58-77(104(24)87(124)130-93(6,7)8)108(65-27-2)90(127)133-96(15,16)17)56-51-48-50-54-61-100-75(113)57-52-47-45-43-41-39-37-35-33-31-30-32-34-36-38-40-42-44-46-49-53-62-101-76(114)59-60-78(115)106(69-63-102-85(122)83(120)81(118)79(116)72(4)111)70-64-103-86(123)84(121)82(119)80(117)73(5)112/h72-74,77,79-84,111-112,116-121H,26-71H2,1-25H3,(H,100,113)(H,101,114)(H,102,122)(H,103,123)/t72-,73-,74?,77?,79-,80-,81+,82+,83-,84-,99?/m1/s1. The number of hydrogen-bond acceptors (Lipinski definition) is 25. The number of hydrogen-bond donors (Lipinski definition) is 12. The molecule has 0 aromatic rings. The molecule has 12 N–H and O–H groups in total. The SMILES string of the molecule is CCCCN(C(=O)OC(C)(C)C)C(C(CCCCCCNC(=O)CCCCCCCCCCCCCCCCCCCCCCCNC(=O)CCC(=O)N(CCNC(=O)[C@H](O)[C@@H](O)[C@H](O)[C@@H](C)O)CCNC(=O)[C@H](O)[C@@H](O)[C@H](O)[C@@H](C)O)CN(CCCC(N(C)C(=O)OC(C)(C)C)N(CCC)C(=O)OC(C)(C)C)C(=O)OC(C)(C)C)(N(C)C(=O)OC(C)(C)C)N(CCC)C(=O)OC(C)(C)C. The minimum atomic E-state index is -2.16. The molecule has 11 amide bonds. The van der Waals surface area contributed by atoms with E-state index >= 15 is 19.2 Å². The molecule has 790 valence electrons. The van der Waals surface area contributed by atoms with Crippen LogP contribution in [0.5, 0.6) is 0 Å². The van der Waals surface area contributed by atoms with Crippen molar-refractivity contribution in [3.8, 4) is 0 Å². The lowest BCUT2D eigenvalue weighted by Crippen LogP contribution is -2.77. The lowest BCUT2D eigenvalue weighted by molar-refractivity contribution is -0.177. The van der Waals surface area contributed by atoms with E-state index < -0.39 is 155 Å². The van der Waals surface area contributed by atoms with Crippen LogP contribution in [-0.4, -0.2) is 322 Å². The summed E-state index contributed by atoms with van der Waals surface area (Å²) in [6.45, 7) is 39.2. The predicted molar refractivity (Wildman–Crippen MR) is 521 cm³/mol. The number of nitrogens with one attached hydrogen (secondary N) is 4. The van der Waals surface area contributed by atoms with Gasteiger partial charge >= 0.3 is 36.6 Å². The molecule has 0 aliphatic heterocycles. The van der Waals surface area contributed by atoms with Gasteiger partial charge in [-0.3, -0.25) is 48.5 Å². The Hall–Kier alpha value is -7.35. The first kappa shape index (κ1) is 128. The van der Waals surface area contributed by atoms with Gasteiger partial charge < -0.3 is 100 Å². The van der Waals surface area contributed by atoms with Crippen LogP contribution in [0.2, 0.25) is 0 Å². The van der Waals surface area contributed by atoms with Crippen LogP contribution in [0.15, 0.2) is 0 Å². The lowest BCUT2D eigenvalue weighted by Gasteiger charge is -2.58. The van der Waals surface area contributed by atoms with E-state index in [1.165, 1.54) is 118 Å². The average Bonchev–Trinajstić information content (AvgIpc) is 0.727. The van der Waals surface area contributed by atoms with E-state index in [0.717, 1.165) is 71.6 Å². The van der Waals surface area contributed by atoms with Crippen LogP contribution in [0.4, 0.5) is 28.8 Å². The highest BCUT2D eigenvalue weighted by molar-refractivity contribution is 5.85. The number of ether oxygens (including phenoxy) is 6. The first-order chi connectivity index (χ1) is 62.7. The second kappa shape index (κ2) is 65.6. The first-order valence-corrected chi connectivity index (χ1v) is 50.5. The van der Waals surface area contributed by atoms with Crippen LogP contribution in [0, 0.1) is 5.92 Å². The number of amides is 11. The summed E-state index contributed by atoms with van der Waals surface area (Å²) in [7, 11) is 3.06. The molecular formula is C99H189N11O25. The lowest BCUT2D eigenvalue weighted by atomic mass is 9.88. The van der Waals surface area contributed by atoms with Crippen molar-refractivity contribution in [1.29, 1.82) is 0 Å². The number of aliphatic hydroxyl groups excluding tert-OH is 8. The number of rotatable bonds is 67. The molecule has 0 heterocycles. The maximum atomic E-state index is 15.7. The van der Waals surface area contributed by atoms with Crippen molar-refractivity contribution < 1.29 is 122 Å². The Morgan fingerprint density at radius 2 is 0.644 bits per heavy atom. The molecule has 0 aliphatic carbocycles. The summed E-state index contributed by atoms with van der Waals surface area (Å²) < 4.78 is 37.1. The molecule has 0 aromatic heterocycles. The molecule has 3 unspecified atom stereocenters. The van der Waals surface area contributed by atoms with Gasteiger partial charge in [-0.1, -0.05) is 168 Å². The van der Waals surface area contributed by atoms with Crippen LogP contribution >= 0.6 is 0 Å². The van der Waals surface area contributed by atoms with Gasteiger partial charge in [0.2, 0.25) is 23.5 Å². The highest BCUT2D eigenvalue weighted by Crippen LogP contribution is 2.42. The second-order valence-electron chi connectivity index (χ2n) is 42.2. The van der Waals surface area contributed by atoms with E-state index in [2.05, 4.69) is 21.3 Å². The third-order valence-electron chi connectivity index (χ3n) is 22.3. The Labute approximate surface area is 810 Å². The zero-order valence-electron chi connectivity index (χ0n) is 87.9. The Morgan fingerprint density at radius 1 is 0.304 bits per heavy atom. The molecule has 135 heavy (non-hydrogen) atoms. The molecule has 0 saturated carbocycles. The number of carbonyl (C=O) groups excluding carboxylic acids is 11. The quantitative estimate of drug-likeness (QED) is 0.0153. The van der Waals surface area contributed by atoms with Crippen LogP contribution in [-0.2, 0) is 52.4 Å². The monoisotopic (exact) mass is 1930 g/mol. The number of aliphatic hydroxyl groups is 8. The molecule has 0 saturated heterocycles. The van der Waals surface area contributed by atoms with Crippen molar-refractivity contribution in [2.75, 3.05) is 86.1 Å². The summed E-state index contributed by atoms with van der Waals surface area (Å²) in [4.78, 5) is 165. The molecular weight excluding hydrogens is 1740 g/mol. The third-order valence-corrected chi connectivity index (χ3v) is 22.3. The van der Waals surface area contributed by atoms with Crippen molar-refractivity contribution in [2.24, 2.45) is 5.92 Å². The van der Waals surface area contributed by atoms with Gasteiger partial charge in [0.1, 0.15) is 64.2 Å². The summed E-state index contributed by atoms with van der Waals surface area (Å²) in [5.41, 5.74) is -6.06. The fourth-order valence-electron chi connectivity index (χ4n) is 15.4. The largest absolute Gasteiger partial charge is 0.444 e. The zero-order valence-corrected chi connectivity index (χ0v) is 87.9. The fraction of sp³-hybridized carbons (Fsp3) is 0.889. The van der Waals surface area contributed by atoms with Gasteiger partial charge in [-0.2, -0.15) is 0 Å². The smallest absolute Gasteiger partial charge is 0.413 e. The molecule has 36 heteroatoms. The van der Waals surface area contributed by atoms with E-state index in [4.69, 9.17) is 28.4 Å². The minimum Gasteiger partial charge on any atom is -0.444 e. The number of nitrogens with zero attached hydrogens (tertiary/aromatic N) is 7. The van der Waals surface area contributed by atoms with E-state index in [9.17, 15) is 74.4 Å². The van der Waals surface area contributed by atoms with Crippen LogP contribution in [0.25, 0.3) is 0 Å². The second-order valence-corrected chi connectivity index (χ2v) is 42.2. The Bertz CT molecular complexity index is 3330. The van der Waals surface area contributed by atoms with Crippen molar-refractivity contribution >= 4 is 66.1 Å². The summed E-state index contributed by atoms with van der Waals surface area (Å²) in [5.74, 6) is -6.30. The first-order valence-electron chi connectivity index (χ1n) is 50.5. The van der Waals surface area contributed by atoms with Crippen molar-refractivity contribution in [1.82, 2.24) is 55.6 Å². The fourth-order valence-corrected chi connectivity index (χ4v) is 15.4.